The zero-order chi connectivity index (χ0) is 14.8. The second-order valence-electron chi connectivity index (χ2n) is 6.51. The first-order valence-corrected chi connectivity index (χ1v) is 8.08. The number of allylic oxidation sites excluding steroid dienone is 1. The lowest BCUT2D eigenvalue weighted by Gasteiger charge is -2.08. The van der Waals surface area contributed by atoms with E-state index in [1.807, 2.05) is 0 Å². The van der Waals surface area contributed by atoms with Crippen molar-refractivity contribution in [1.82, 2.24) is 0 Å². The van der Waals surface area contributed by atoms with Crippen molar-refractivity contribution in [3.05, 3.63) is 64.7 Å². The van der Waals surface area contributed by atoms with Gasteiger partial charge in [0.25, 0.3) is 0 Å². The second-order valence-corrected chi connectivity index (χ2v) is 6.51. The molecule has 0 aromatic heterocycles. The molecule has 0 heteroatoms. The Morgan fingerprint density at radius 2 is 1.76 bits per heavy atom. The molecule has 0 saturated heterocycles. The van der Waals surface area contributed by atoms with E-state index in [4.69, 9.17) is 0 Å². The third-order valence-corrected chi connectivity index (χ3v) is 4.31. The molecule has 108 valence electrons. The molecular formula is C21H24. The van der Waals surface area contributed by atoms with Crippen LogP contribution in [0, 0.1) is 5.92 Å². The van der Waals surface area contributed by atoms with Gasteiger partial charge in [-0.15, -0.1) is 0 Å². The van der Waals surface area contributed by atoms with Crippen molar-refractivity contribution in [2.75, 3.05) is 0 Å². The van der Waals surface area contributed by atoms with Gasteiger partial charge in [-0.2, -0.15) is 0 Å². The highest BCUT2D eigenvalue weighted by atomic mass is 14.2. The lowest BCUT2D eigenvalue weighted by Crippen LogP contribution is -1.91. The van der Waals surface area contributed by atoms with Gasteiger partial charge in [0.15, 0.2) is 0 Å². The highest BCUT2D eigenvalue weighted by Gasteiger charge is 2.17. The van der Waals surface area contributed by atoms with E-state index in [0.717, 1.165) is 18.8 Å². The van der Waals surface area contributed by atoms with Crippen molar-refractivity contribution in [2.45, 2.75) is 40.0 Å². The van der Waals surface area contributed by atoms with Gasteiger partial charge < -0.3 is 0 Å². The molecule has 0 fully saturated rings. The van der Waals surface area contributed by atoms with Crippen molar-refractivity contribution in [2.24, 2.45) is 5.92 Å². The fraction of sp³-hybridized carbons (Fsp3) is 0.333. The van der Waals surface area contributed by atoms with Gasteiger partial charge in [-0.3, -0.25) is 0 Å². The molecule has 2 aromatic carbocycles. The fourth-order valence-electron chi connectivity index (χ4n) is 3.26. The topological polar surface area (TPSA) is 0 Å². The van der Waals surface area contributed by atoms with Crippen LogP contribution in [0.2, 0.25) is 0 Å². The Bertz CT molecular complexity index is 657. The number of rotatable bonds is 4. The highest BCUT2D eigenvalue weighted by molar-refractivity contribution is 5.80. The molecule has 0 unspecified atom stereocenters. The molecule has 1 aliphatic rings. The molecule has 0 saturated carbocycles. The highest BCUT2D eigenvalue weighted by Crippen LogP contribution is 2.35. The van der Waals surface area contributed by atoms with Crippen LogP contribution in [0.15, 0.2) is 48.0 Å². The number of hydrogen-bond acceptors (Lipinski definition) is 0. The minimum atomic E-state index is 0.734. The first-order chi connectivity index (χ1) is 10.2. The third-order valence-electron chi connectivity index (χ3n) is 4.31. The van der Waals surface area contributed by atoms with E-state index in [1.165, 1.54) is 34.2 Å². The monoisotopic (exact) mass is 276 g/mol. The van der Waals surface area contributed by atoms with Gasteiger partial charge in [0.1, 0.15) is 0 Å². The van der Waals surface area contributed by atoms with Gasteiger partial charge in [0, 0.05) is 0 Å². The summed E-state index contributed by atoms with van der Waals surface area (Å²) < 4.78 is 0. The standard InChI is InChI=1S/C21H24/c1-4-16-8-10-18(11-9-16)20-7-5-6-19-13-17(12-15(2)3)14-21(19)20/h5-11,14-15H,4,12-13H2,1-3H3. The molecule has 0 aliphatic heterocycles. The van der Waals surface area contributed by atoms with Crippen LogP contribution >= 0.6 is 0 Å². The van der Waals surface area contributed by atoms with Crippen molar-refractivity contribution in [3.8, 4) is 11.1 Å². The predicted octanol–water partition coefficient (Wildman–Crippen LogP) is 5.90. The lowest BCUT2D eigenvalue weighted by atomic mass is 9.96. The van der Waals surface area contributed by atoms with Gasteiger partial charge >= 0.3 is 0 Å². The SMILES string of the molecule is CCc1ccc(-c2cccc3c2C=C(CC(C)C)C3)cc1. The average molecular weight is 276 g/mol. The minimum Gasteiger partial charge on any atom is -0.0649 e. The quantitative estimate of drug-likeness (QED) is 0.652. The first-order valence-electron chi connectivity index (χ1n) is 8.08. The van der Waals surface area contributed by atoms with E-state index in [9.17, 15) is 0 Å². The molecule has 2 aromatic rings. The van der Waals surface area contributed by atoms with E-state index >= 15 is 0 Å². The summed E-state index contributed by atoms with van der Waals surface area (Å²) in [4.78, 5) is 0. The van der Waals surface area contributed by atoms with Crippen LogP contribution in [0.5, 0.6) is 0 Å². The molecule has 1 aliphatic carbocycles. The van der Waals surface area contributed by atoms with Crippen molar-refractivity contribution < 1.29 is 0 Å². The molecule has 0 amide bonds. The van der Waals surface area contributed by atoms with E-state index in [-0.39, 0.29) is 0 Å². The molecule has 0 radical (unpaired) electrons. The van der Waals surface area contributed by atoms with Crippen LogP contribution in [-0.2, 0) is 12.8 Å². The zero-order valence-electron chi connectivity index (χ0n) is 13.3. The Morgan fingerprint density at radius 3 is 2.43 bits per heavy atom. The summed E-state index contributed by atoms with van der Waals surface area (Å²) in [5, 5.41) is 0. The average Bonchev–Trinajstić information content (AvgIpc) is 2.88. The molecule has 0 atom stereocenters. The van der Waals surface area contributed by atoms with Crippen molar-refractivity contribution >= 4 is 6.08 Å². The minimum absolute atomic E-state index is 0.734. The maximum Gasteiger partial charge on any atom is -0.00575 e. The maximum atomic E-state index is 2.43. The summed E-state index contributed by atoms with van der Waals surface area (Å²) in [6.45, 7) is 6.80. The van der Waals surface area contributed by atoms with E-state index in [2.05, 4.69) is 69.3 Å². The Kier molecular flexibility index (Phi) is 3.96. The molecule has 0 heterocycles. The van der Waals surface area contributed by atoms with Crippen molar-refractivity contribution in [3.63, 3.8) is 0 Å². The molecule has 0 N–H and O–H groups in total. The number of hydrogen-bond donors (Lipinski definition) is 0. The van der Waals surface area contributed by atoms with Gasteiger partial charge in [0.05, 0.1) is 0 Å². The molecular weight excluding hydrogens is 252 g/mol. The summed E-state index contributed by atoms with van der Waals surface area (Å²) in [6.07, 6.45) is 5.88. The number of aryl methyl sites for hydroxylation is 1. The van der Waals surface area contributed by atoms with Gasteiger partial charge in [-0.1, -0.05) is 74.9 Å². The zero-order valence-corrected chi connectivity index (χ0v) is 13.3. The smallest absolute Gasteiger partial charge is 0.00575 e. The molecule has 21 heavy (non-hydrogen) atoms. The summed E-state index contributed by atoms with van der Waals surface area (Å²) in [5.41, 5.74) is 8.64. The summed E-state index contributed by atoms with van der Waals surface area (Å²) >= 11 is 0. The Hall–Kier alpha value is -1.82. The predicted molar refractivity (Wildman–Crippen MR) is 92.4 cm³/mol. The maximum absolute atomic E-state index is 2.43. The largest absolute Gasteiger partial charge is 0.0649 e. The van der Waals surface area contributed by atoms with Crippen LogP contribution < -0.4 is 0 Å². The normalized spacial score (nSPS) is 13.4. The Morgan fingerprint density at radius 1 is 1.00 bits per heavy atom. The van der Waals surface area contributed by atoms with Gasteiger partial charge in [0.2, 0.25) is 0 Å². The van der Waals surface area contributed by atoms with Gasteiger partial charge in [-0.05, 0) is 53.0 Å². The number of benzene rings is 2. The van der Waals surface area contributed by atoms with Gasteiger partial charge in [-0.25, -0.2) is 0 Å². The second kappa shape index (κ2) is 5.89. The van der Waals surface area contributed by atoms with E-state index in [1.54, 1.807) is 5.57 Å². The van der Waals surface area contributed by atoms with Crippen LogP contribution in [0.1, 0.15) is 43.9 Å². The Labute approximate surface area is 128 Å². The molecule has 0 nitrogen and oxygen atoms in total. The lowest BCUT2D eigenvalue weighted by molar-refractivity contribution is 0.638. The van der Waals surface area contributed by atoms with Crippen LogP contribution in [0.4, 0.5) is 0 Å². The van der Waals surface area contributed by atoms with Crippen molar-refractivity contribution in [1.29, 1.82) is 0 Å². The van der Waals surface area contributed by atoms with Crippen LogP contribution in [-0.4, -0.2) is 0 Å². The number of fused-ring (bicyclic) bond motifs is 1. The Balaban J connectivity index is 1.98. The third kappa shape index (κ3) is 2.95. The molecule has 0 bridgehead atoms. The molecule has 3 rings (SSSR count). The van der Waals surface area contributed by atoms with Crippen LogP contribution in [0.25, 0.3) is 17.2 Å². The van der Waals surface area contributed by atoms with Crippen LogP contribution in [0.3, 0.4) is 0 Å². The van der Waals surface area contributed by atoms with E-state index < -0.39 is 0 Å². The van der Waals surface area contributed by atoms with E-state index in [0.29, 0.717) is 0 Å². The fourth-order valence-corrected chi connectivity index (χ4v) is 3.26. The summed E-state index contributed by atoms with van der Waals surface area (Å²) in [7, 11) is 0. The summed E-state index contributed by atoms with van der Waals surface area (Å²) in [5.74, 6) is 0.734. The summed E-state index contributed by atoms with van der Waals surface area (Å²) in [6, 6.07) is 15.8. The molecule has 0 spiro atoms. The first kappa shape index (κ1) is 14.1.